The van der Waals surface area contributed by atoms with Crippen molar-refractivity contribution in [3.63, 3.8) is 0 Å². The lowest BCUT2D eigenvalue weighted by molar-refractivity contribution is -0.134. The summed E-state index contributed by atoms with van der Waals surface area (Å²) in [7, 11) is 0. The number of hydrogen-bond donors (Lipinski definition) is 3. The maximum absolute atomic E-state index is 11.8. The number of hydrogen-bond acceptors (Lipinski definition) is 4. The van der Waals surface area contributed by atoms with Crippen LogP contribution in [-0.2, 0) is 9.59 Å². The number of β-amino-alcohol motifs (C(OH)–C–C–N with tert-alkyl or cyclic N) is 1. The molecule has 0 saturated carbocycles. The summed E-state index contributed by atoms with van der Waals surface area (Å²) in [6.07, 6.45) is 3.24. The lowest BCUT2D eigenvalue weighted by Gasteiger charge is -2.26. The summed E-state index contributed by atoms with van der Waals surface area (Å²) in [6.45, 7) is 2.11. The van der Waals surface area contributed by atoms with Crippen LogP contribution in [0.2, 0.25) is 0 Å². The number of rotatable bonds is 3. The number of carbonyl (C=O) groups excluding carboxylic acids is 2. The van der Waals surface area contributed by atoms with Gasteiger partial charge in [0.05, 0.1) is 18.7 Å². The number of likely N-dealkylation sites (tertiary alicyclic amines) is 1. The van der Waals surface area contributed by atoms with E-state index in [1.807, 2.05) is 0 Å². The van der Waals surface area contributed by atoms with Gasteiger partial charge in [-0.15, -0.1) is 0 Å². The molecule has 2 heterocycles. The lowest BCUT2D eigenvalue weighted by Crippen LogP contribution is -2.46. The largest absolute Gasteiger partial charge is 0.392 e. The second-order valence-corrected chi connectivity index (χ2v) is 5.01. The Hall–Kier alpha value is -1.14. The number of carbonyl (C=O) groups is 2. The summed E-state index contributed by atoms with van der Waals surface area (Å²) in [4.78, 5) is 25.4. The van der Waals surface area contributed by atoms with Gasteiger partial charge in [-0.1, -0.05) is 0 Å². The van der Waals surface area contributed by atoms with Crippen LogP contribution >= 0.6 is 0 Å². The molecule has 2 atom stereocenters. The Morgan fingerprint density at radius 2 is 2.00 bits per heavy atom. The number of nitrogens with one attached hydrogen (secondary N) is 2. The molecular formula is C12H21N3O3. The molecule has 6 heteroatoms. The van der Waals surface area contributed by atoms with E-state index in [1.165, 1.54) is 6.42 Å². The van der Waals surface area contributed by atoms with E-state index in [1.54, 1.807) is 4.90 Å². The van der Waals surface area contributed by atoms with E-state index in [2.05, 4.69) is 10.6 Å². The van der Waals surface area contributed by atoms with Crippen LogP contribution in [0.25, 0.3) is 0 Å². The number of piperidine rings is 1. The van der Waals surface area contributed by atoms with Crippen LogP contribution in [0.15, 0.2) is 0 Å². The molecular weight excluding hydrogens is 234 g/mol. The zero-order valence-electron chi connectivity index (χ0n) is 10.5. The first-order chi connectivity index (χ1) is 8.66. The second kappa shape index (κ2) is 6.15. The normalized spacial score (nSPS) is 28.2. The van der Waals surface area contributed by atoms with E-state index in [0.717, 1.165) is 25.9 Å². The first kappa shape index (κ1) is 13.3. The van der Waals surface area contributed by atoms with Crippen molar-refractivity contribution in [3.8, 4) is 0 Å². The minimum Gasteiger partial charge on any atom is -0.392 e. The summed E-state index contributed by atoms with van der Waals surface area (Å²) in [5.74, 6) is -0.210. The van der Waals surface area contributed by atoms with Gasteiger partial charge in [0.1, 0.15) is 0 Å². The maximum Gasteiger partial charge on any atom is 0.241 e. The molecule has 0 aromatic carbocycles. The van der Waals surface area contributed by atoms with E-state index in [-0.39, 0.29) is 24.4 Å². The standard InChI is InChI=1S/C12H21N3O3/c16-9-6-10(13-7-9)12(18)14-8-11(17)15-4-2-1-3-5-15/h9-10,13,16H,1-8H2,(H,14,18). The lowest BCUT2D eigenvalue weighted by atomic mass is 10.1. The summed E-state index contributed by atoms with van der Waals surface area (Å²) in [5, 5.41) is 14.9. The SMILES string of the molecule is O=C(NCC(=O)N1CCCCC1)C1CC(O)CN1. The van der Waals surface area contributed by atoms with Crippen LogP contribution < -0.4 is 10.6 Å². The highest BCUT2D eigenvalue weighted by Crippen LogP contribution is 2.09. The van der Waals surface area contributed by atoms with Crippen molar-refractivity contribution in [2.24, 2.45) is 0 Å². The molecule has 2 amide bonds. The maximum atomic E-state index is 11.8. The van der Waals surface area contributed by atoms with Crippen LogP contribution in [0, 0.1) is 0 Å². The summed E-state index contributed by atoms with van der Waals surface area (Å²) in [5.41, 5.74) is 0. The molecule has 0 radical (unpaired) electrons. The zero-order valence-corrected chi connectivity index (χ0v) is 10.5. The highest BCUT2D eigenvalue weighted by Gasteiger charge is 2.28. The molecule has 2 fully saturated rings. The minimum absolute atomic E-state index is 0.0124. The molecule has 2 aliphatic rings. The van der Waals surface area contributed by atoms with Crippen molar-refractivity contribution in [2.75, 3.05) is 26.2 Å². The van der Waals surface area contributed by atoms with Gasteiger partial charge in [0, 0.05) is 19.6 Å². The van der Waals surface area contributed by atoms with E-state index in [0.29, 0.717) is 13.0 Å². The van der Waals surface area contributed by atoms with Gasteiger partial charge >= 0.3 is 0 Å². The first-order valence-corrected chi connectivity index (χ1v) is 6.64. The monoisotopic (exact) mass is 255 g/mol. The predicted octanol–water partition coefficient (Wildman–Crippen LogP) is -1.16. The molecule has 0 bridgehead atoms. The predicted molar refractivity (Wildman–Crippen MR) is 65.9 cm³/mol. The first-order valence-electron chi connectivity index (χ1n) is 6.64. The number of nitrogens with zero attached hydrogens (tertiary/aromatic N) is 1. The van der Waals surface area contributed by atoms with Gasteiger partial charge in [-0.2, -0.15) is 0 Å². The molecule has 0 aliphatic carbocycles. The Morgan fingerprint density at radius 3 is 2.61 bits per heavy atom. The van der Waals surface area contributed by atoms with Crippen LogP contribution in [-0.4, -0.2) is 60.1 Å². The fourth-order valence-electron chi connectivity index (χ4n) is 2.46. The third-order valence-corrected chi connectivity index (χ3v) is 3.55. The van der Waals surface area contributed by atoms with Crippen molar-refractivity contribution >= 4 is 11.8 Å². The molecule has 18 heavy (non-hydrogen) atoms. The number of aliphatic hydroxyl groups excluding tert-OH is 1. The van der Waals surface area contributed by atoms with Crippen LogP contribution in [0.4, 0.5) is 0 Å². The molecule has 0 aromatic rings. The Morgan fingerprint density at radius 1 is 1.28 bits per heavy atom. The van der Waals surface area contributed by atoms with Gasteiger partial charge in [0.25, 0.3) is 0 Å². The van der Waals surface area contributed by atoms with Gasteiger partial charge < -0.3 is 20.6 Å². The molecule has 0 aromatic heterocycles. The minimum atomic E-state index is -0.460. The average Bonchev–Trinajstić information content (AvgIpc) is 2.83. The molecule has 3 N–H and O–H groups in total. The van der Waals surface area contributed by atoms with Gasteiger partial charge in [-0.05, 0) is 25.7 Å². The van der Waals surface area contributed by atoms with Crippen LogP contribution in [0.1, 0.15) is 25.7 Å². The Bertz CT molecular complexity index is 299. The molecule has 2 rings (SSSR count). The van der Waals surface area contributed by atoms with Crippen molar-refractivity contribution in [2.45, 2.75) is 37.8 Å². The number of amides is 2. The van der Waals surface area contributed by atoms with E-state index >= 15 is 0 Å². The summed E-state index contributed by atoms with van der Waals surface area (Å²) >= 11 is 0. The van der Waals surface area contributed by atoms with E-state index in [4.69, 9.17) is 0 Å². The quantitative estimate of drug-likeness (QED) is 0.594. The van der Waals surface area contributed by atoms with Crippen molar-refractivity contribution in [1.82, 2.24) is 15.5 Å². The van der Waals surface area contributed by atoms with Crippen molar-refractivity contribution < 1.29 is 14.7 Å². The highest BCUT2D eigenvalue weighted by atomic mass is 16.3. The molecule has 2 unspecified atom stereocenters. The smallest absolute Gasteiger partial charge is 0.241 e. The third kappa shape index (κ3) is 3.43. The van der Waals surface area contributed by atoms with Crippen molar-refractivity contribution in [3.05, 3.63) is 0 Å². The van der Waals surface area contributed by atoms with Crippen LogP contribution in [0.3, 0.4) is 0 Å². The molecule has 2 saturated heterocycles. The van der Waals surface area contributed by atoms with E-state index in [9.17, 15) is 14.7 Å². The molecule has 0 spiro atoms. The second-order valence-electron chi connectivity index (χ2n) is 5.01. The van der Waals surface area contributed by atoms with Gasteiger partial charge in [-0.25, -0.2) is 0 Å². The fraction of sp³-hybridized carbons (Fsp3) is 0.833. The zero-order chi connectivity index (χ0) is 13.0. The van der Waals surface area contributed by atoms with Crippen molar-refractivity contribution in [1.29, 1.82) is 0 Å². The highest BCUT2D eigenvalue weighted by molar-refractivity contribution is 5.87. The topological polar surface area (TPSA) is 81.7 Å². The van der Waals surface area contributed by atoms with Crippen LogP contribution in [0.5, 0.6) is 0 Å². The molecule has 2 aliphatic heterocycles. The summed E-state index contributed by atoms with van der Waals surface area (Å²) < 4.78 is 0. The van der Waals surface area contributed by atoms with Gasteiger partial charge in [-0.3, -0.25) is 9.59 Å². The number of aliphatic hydroxyl groups is 1. The molecule has 6 nitrogen and oxygen atoms in total. The third-order valence-electron chi connectivity index (χ3n) is 3.55. The van der Waals surface area contributed by atoms with Gasteiger partial charge in [0.2, 0.25) is 11.8 Å². The Balaban J connectivity index is 1.70. The Kier molecular flexibility index (Phi) is 4.54. The summed E-state index contributed by atoms with van der Waals surface area (Å²) in [6, 6.07) is -0.367. The molecule has 102 valence electrons. The fourth-order valence-corrected chi connectivity index (χ4v) is 2.46. The average molecular weight is 255 g/mol. The Labute approximate surface area is 107 Å². The van der Waals surface area contributed by atoms with Gasteiger partial charge in [0.15, 0.2) is 0 Å². The van der Waals surface area contributed by atoms with E-state index < -0.39 is 6.10 Å².